The molecule has 0 fully saturated rings. The van der Waals surface area contributed by atoms with Crippen LogP contribution in [0.4, 0.5) is 0 Å². The van der Waals surface area contributed by atoms with Crippen molar-refractivity contribution in [2.75, 3.05) is 13.2 Å². The first-order chi connectivity index (χ1) is 10.1. The van der Waals surface area contributed by atoms with Gasteiger partial charge in [0.1, 0.15) is 12.4 Å². The van der Waals surface area contributed by atoms with Crippen LogP contribution in [0.5, 0.6) is 5.75 Å². The third kappa shape index (κ3) is 7.88. The van der Waals surface area contributed by atoms with Crippen LogP contribution in [0.3, 0.4) is 0 Å². The number of benzene rings is 1. The zero-order valence-corrected chi connectivity index (χ0v) is 12.6. The van der Waals surface area contributed by atoms with Gasteiger partial charge in [-0.15, -0.1) is 0 Å². The predicted molar refractivity (Wildman–Crippen MR) is 83.2 cm³/mol. The summed E-state index contributed by atoms with van der Waals surface area (Å²) in [5, 5.41) is 17.8. The maximum atomic E-state index is 10.3. The van der Waals surface area contributed by atoms with Gasteiger partial charge >= 0.3 is 0 Å². The number of carbonyl (C=O) groups excluding carboxylic acids is 1. The van der Waals surface area contributed by atoms with Crippen LogP contribution in [0.2, 0.25) is 0 Å². The molecule has 0 aliphatic rings. The van der Waals surface area contributed by atoms with E-state index in [1.165, 1.54) is 0 Å². The molecule has 0 radical (unpaired) electrons. The fraction of sp³-hybridized carbons (Fsp3) is 0.357. The fourth-order valence-electron chi connectivity index (χ4n) is 1.38. The average molecular weight is 308 g/mol. The number of carboxylic acid groups (broad SMARTS) is 1. The van der Waals surface area contributed by atoms with Crippen LogP contribution in [-0.4, -0.2) is 30.4 Å². The zero-order chi connectivity index (χ0) is 15.5. The van der Waals surface area contributed by atoms with Crippen LogP contribution in [0.25, 0.3) is 0 Å². The molecule has 0 aromatic heterocycles. The Morgan fingerprint density at radius 2 is 2.14 bits per heavy atom. The summed E-state index contributed by atoms with van der Waals surface area (Å²) in [5.41, 5.74) is 3.55. The molecule has 0 amide bonds. The summed E-state index contributed by atoms with van der Waals surface area (Å²) in [6.45, 7) is 2.46. The molecule has 2 N–H and O–H groups in total. The molecule has 1 rings (SSSR count). The van der Waals surface area contributed by atoms with Gasteiger partial charge in [-0.3, -0.25) is 5.43 Å². The molecule has 1 aromatic carbocycles. The van der Waals surface area contributed by atoms with E-state index in [0.29, 0.717) is 10.9 Å². The summed E-state index contributed by atoms with van der Waals surface area (Å²) in [6, 6.07) is 6.82. The number of aliphatic carboxylic acids is 1. The minimum Gasteiger partial charge on any atom is -0.546 e. The Balaban J connectivity index is 2.35. The van der Waals surface area contributed by atoms with Crippen molar-refractivity contribution in [3.63, 3.8) is 0 Å². The maximum Gasteiger partial charge on any atom is 0.186 e. The van der Waals surface area contributed by atoms with Gasteiger partial charge < -0.3 is 20.0 Å². The summed E-state index contributed by atoms with van der Waals surface area (Å²) < 4.78 is 4.97. The van der Waals surface area contributed by atoms with Gasteiger partial charge in [-0.05, 0) is 48.5 Å². The first-order valence-electron chi connectivity index (χ1n) is 6.61. The van der Waals surface area contributed by atoms with Crippen molar-refractivity contribution >= 4 is 29.5 Å². The second-order valence-electron chi connectivity index (χ2n) is 4.21. The van der Waals surface area contributed by atoms with Crippen LogP contribution >= 0.6 is 12.2 Å². The second-order valence-corrected chi connectivity index (χ2v) is 4.62. The monoisotopic (exact) mass is 308 g/mol. The van der Waals surface area contributed by atoms with E-state index in [0.717, 1.165) is 24.9 Å². The summed E-state index contributed by atoms with van der Waals surface area (Å²) in [4.78, 5) is 10.3. The molecule has 0 unspecified atom stereocenters. The fourth-order valence-corrected chi connectivity index (χ4v) is 1.53. The molecule has 0 spiro atoms. The van der Waals surface area contributed by atoms with E-state index >= 15 is 0 Å². The van der Waals surface area contributed by atoms with Crippen molar-refractivity contribution in [1.82, 2.24) is 10.7 Å². The van der Waals surface area contributed by atoms with Gasteiger partial charge in [0.05, 0.1) is 12.2 Å². The van der Waals surface area contributed by atoms with Gasteiger partial charge in [0, 0.05) is 6.54 Å². The summed E-state index contributed by atoms with van der Waals surface area (Å²) >= 11 is 5.04. The Labute approximate surface area is 129 Å². The van der Waals surface area contributed by atoms with E-state index in [1.807, 2.05) is 0 Å². The van der Waals surface area contributed by atoms with Crippen molar-refractivity contribution < 1.29 is 14.6 Å². The van der Waals surface area contributed by atoms with Gasteiger partial charge in [0.25, 0.3) is 0 Å². The highest BCUT2D eigenvalue weighted by atomic mass is 32.1. The minimum absolute atomic E-state index is 0.459. The van der Waals surface area contributed by atoms with Gasteiger partial charge in [0.2, 0.25) is 0 Å². The number of nitrogens with zero attached hydrogens (tertiary/aromatic N) is 1. The number of hydrazone groups is 1. The van der Waals surface area contributed by atoms with Crippen molar-refractivity contribution in [2.24, 2.45) is 5.10 Å². The van der Waals surface area contributed by atoms with E-state index in [2.05, 4.69) is 22.8 Å². The number of rotatable bonds is 8. The molecule has 1 aromatic rings. The molecule has 7 heteroatoms. The Bertz CT molecular complexity index is 489. The second kappa shape index (κ2) is 9.71. The SMILES string of the molecule is CCCCNC(=S)N/N=C\c1ccc(OCC(=O)[O-])cc1. The minimum atomic E-state index is -1.26. The summed E-state index contributed by atoms with van der Waals surface area (Å²) in [5.74, 6) is -0.796. The predicted octanol–water partition coefficient (Wildman–Crippen LogP) is 0.413. The van der Waals surface area contributed by atoms with Crippen molar-refractivity contribution in [2.45, 2.75) is 19.8 Å². The molecule has 0 aliphatic heterocycles. The van der Waals surface area contributed by atoms with E-state index in [4.69, 9.17) is 17.0 Å². The maximum absolute atomic E-state index is 10.3. The van der Waals surface area contributed by atoms with E-state index in [-0.39, 0.29) is 0 Å². The first kappa shape index (κ1) is 16.9. The number of unbranched alkanes of at least 4 members (excludes halogenated alkanes) is 1. The van der Waals surface area contributed by atoms with Crippen LogP contribution in [0.15, 0.2) is 29.4 Å². The molecular weight excluding hydrogens is 290 g/mol. The average Bonchev–Trinajstić information content (AvgIpc) is 2.46. The Morgan fingerprint density at radius 1 is 1.43 bits per heavy atom. The van der Waals surface area contributed by atoms with Crippen LogP contribution in [0.1, 0.15) is 25.3 Å². The highest BCUT2D eigenvalue weighted by molar-refractivity contribution is 7.80. The molecule has 0 heterocycles. The molecule has 0 aliphatic carbocycles. The molecule has 21 heavy (non-hydrogen) atoms. The lowest BCUT2D eigenvalue weighted by atomic mass is 10.2. The topological polar surface area (TPSA) is 85.8 Å². The quantitative estimate of drug-likeness (QED) is 0.313. The van der Waals surface area contributed by atoms with E-state index in [9.17, 15) is 9.90 Å². The number of carboxylic acids is 1. The summed E-state index contributed by atoms with van der Waals surface area (Å²) in [6.07, 6.45) is 3.76. The lowest BCUT2D eigenvalue weighted by Crippen LogP contribution is -2.32. The smallest absolute Gasteiger partial charge is 0.186 e. The first-order valence-corrected chi connectivity index (χ1v) is 7.02. The van der Waals surface area contributed by atoms with E-state index < -0.39 is 12.6 Å². The molecule has 6 nitrogen and oxygen atoms in total. The third-order valence-electron chi connectivity index (χ3n) is 2.43. The lowest BCUT2D eigenvalue weighted by molar-refractivity contribution is -0.307. The third-order valence-corrected chi connectivity index (χ3v) is 2.67. The van der Waals surface area contributed by atoms with E-state index in [1.54, 1.807) is 30.5 Å². The standard InChI is InChI=1S/C14H19N3O3S/c1-2-3-8-15-14(21)17-16-9-11-4-6-12(7-5-11)20-10-13(18)19/h4-7,9H,2-3,8,10H2,1H3,(H,18,19)(H2,15,17,21)/p-1/b16-9-. The number of thiocarbonyl (C=S) groups is 1. The lowest BCUT2D eigenvalue weighted by Gasteiger charge is -2.06. The molecule has 0 atom stereocenters. The van der Waals surface area contributed by atoms with Crippen molar-refractivity contribution in [3.8, 4) is 5.75 Å². The van der Waals surface area contributed by atoms with Crippen molar-refractivity contribution in [1.29, 1.82) is 0 Å². The number of hydrogen-bond acceptors (Lipinski definition) is 5. The molecule has 0 saturated carbocycles. The van der Waals surface area contributed by atoms with Crippen LogP contribution in [-0.2, 0) is 4.79 Å². The zero-order valence-electron chi connectivity index (χ0n) is 11.8. The Hall–Kier alpha value is -2.15. The van der Waals surface area contributed by atoms with Crippen LogP contribution in [0, 0.1) is 0 Å². The highest BCUT2D eigenvalue weighted by Crippen LogP contribution is 2.10. The van der Waals surface area contributed by atoms with Gasteiger partial charge in [-0.25, -0.2) is 0 Å². The van der Waals surface area contributed by atoms with Crippen molar-refractivity contribution in [3.05, 3.63) is 29.8 Å². The number of ether oxygens (including phenoxy) is 1. The largest absolute Gasteiger partial charge is 0.546 e. The Morgan fingerprint density at radius 3 is 2.76 bits per heavy atom. The molecule has 114 valence electrons. The number of nitrogens with one attached hydrogen (secondary N) is 2. The molecular formula is C14H18N3O3S-. The highest BCUT2D eigenvalue weighted by Gasteiger charge is 1.95. The van der Waals surface area contributed by atoms with Gasteiger partial charge in [-0.2, -0.15) is 5.10 Å². The summed E-state index contributed by atoms with van der Waals surface area (Å²) in [7, 11) is 0. The van der Waals surface area contributed by atoms with Gasteiger partial charge in [-0.1, -0.05) is 13.3 Å². The number of hydrogen-bond donors (Lipinski definition) is 2. The van der Waals surface area contributed by atoms with Gasteiger partial charge in [0.15, 0.2) is 5.11 Å². The molecule has 0 saturated heterocycles. The normalized spacial score (nSPS) is 10.3. The Kier molecular flexibility index (Phi) is 7.81. The van der Waals surface area contributed by atoms with Crippen LogP contribution < -0.4 is 20.6 Å². The number of carbonyl (C=O) groups is 1. The molecule has 0 bridgehead atoms.